The van der Waals surface area contributed by atoms with Gasteiger partial charge in [0.05, 0.1) is 12.2 Å². The lowest BCUT2D eigenvalue weighted by atomic mass is 10.1. The van der Waals surface area contributed by atoms with Gasteiger partial charge in [-0.15, -0.1) is 0 Å². The fourth-order valence-corrected chi connectivity index (χ4v) is 2.59. The maximum atomic E-state index is 12.3. The van der Waals surface area contributed by atoms with E-state index in [0.29, 0.717) is 11.4 Å². The Morgan fingerprint density at radius 3 is 2.52 bits per heavy atom. The summed E-state index contributed by atoms with van der Waals surface area (Å²) in [5.41, 5.74) is 2.53. The van der Waals surface area contributed by atoms with Gasteiger partial charge in [-0.3, -0.25) is 14.4 Å². The van der Waals surface area contributed by atoms with Gasteiger partial charge in [0, 0.05) is 11.6 Å². The van der Waals surface area contributed by atoms with E-state index in [1.165, 1.54) is 6.92 Å². The van der Waals surface area contributed by atoms with E-state index in [0.717, 1.165) is 17.5 Å². The van der Waals surface area contributed by atoms with Crippen molar-refractivity contribution in [2.45, 2.75) is 53.2 Å². The van der Waals surface area contributed by atoms with Gasteiger partial charge in [-0.2, -0.15) is 5.10 Å². The Balaban J connectivity index is 1.85. The fraction of sp³-hybridized carbons (Fsp3) is 0.429. The molecule has 0 aliphatic heterocycles. The molecule has 1 aromatic carbocycles. The highest BCUT2D eigenvalue weighted by Gasteiger charge is 2.20. The van der Waals surface area contributed by atoms with Gasteiger partial charge in [0.15, 0.2) is 6.10 Å². The van der Waals surface area contributed by atoms with Crippen molar-refractivity contribution in [1.82, 2.24) is 15.1 Å². The molecule has 29 heavy (non-hydrogen) atoms. The number of nitrogens with zero attached hydrogens (tertiary/aromatic N) is 2. The van der Waals surface area contributed by atoms with E-state index in [1.807, 2.05) is 33.8 Å². The van der Waals surface area contributed by atoms with Gasteiger partial charge in [-0.25, -0.2) is 4.68 Å². The van der Waals surface area contributed by atoms with Gasteiger partial charge in [-0.1, -0.05) is 13.0 Å². The van der Waals surface area contributed by atoms with Crippen molar-refractivity contribution in [3.8, 4) is 0 Å². The molecule has 2 amide bonds. The van der Waals surface area contributed by atoms with E-state index >= 15 is 0 Å². The standard InChI is InChI=1S/C21H28N4O4/c1-6-15(4)25-18(9-10-23-25)24-20(27)16(5)29-19(26)12-22-21(28)17-8-7-13(2)14(3)11-17/h7-11,15-16H,6,12H2,1-5H3,(H,22,28)(H,24,27)/t15-,16+/m0/s1. The summed E-state index contributed by atoms with van der Waals surface area (Å²) < 4.78 is 6.83. The Labute approximate surface area is 170 Å². The molecule has 0 aliphatic rings. The minimum absolute atomic E-state index is 0.124. The minimum atomic E-state index is -1.01. The molecule has 1 aromatic heterocycles. The Morgan fingerprint density at radius 1 is 1.14 bits per heavy atom. The molecule has 8 nitrogen and oxygen atoms in total. The number of nitrogens with one attached hydrogen (secondary N) is 2. The molecule has 0 spiro atoms. The minimum Gasteiger partial charge on any atom is -0.451 e. The monoisotopic (exact) mass is 400 g/mol. The van der Waals surface area contributed by atoms with Crippen LogP contribution in [0.2, 0.25) is 0 Å². The lowest BCUT2D eigenvalue weighted by Crippen LogP contribution is -2.36. The molecular formula is C21H28N4O4. The molecule has 0 saturated carbocycles. The first-order chi connectivity index (χ1) is 13.7. The van der Waals surface area contributed by atoms with Gasteiger partial charge >= 0.3 is 5.97 Å². The van der Waals surface area contributed by atoms with E-state index in [2.05, 4.69) is 15.7 Å². The molecule has 0 radical (unpaired) electrons. The second kappa shape index (κ2) is 9.86. The third-order valence-corrected chi connectivity index (χ3v) is 4.77. The summed E-state index contributed by atoms with van der Waals surface area (Å²) in [5, 5.41) is 9.41. The first kappa shape index (κ1) is 22.1. The number of anilines is 1. The van der Waals surface area contributed by atoms with Crippen LogP contribution in [0, 0.1) is 13.8 Å². The number of hydrogen-bond acceptors (Lipinski definition) is 5. The quantitative estimate of drug-likeness (QED) is 0.664. The number of hydrogen-bond donors (Lipinski definition) is 2. The summed E-state index contributed by atoms with van der Waals surface area (Å²) in [6, 6.07) is 7.10. The molecule has 0 saturated heterocycles. The van der Waals surface area contributed by atoms with Crippen molar-refractivity contribution in [1.29, 1.82) is 0 Å². The molecule has 156 valence electrons. The SMILES string of the molecule is CC[C@H](C)n1nccc1NC(=O)[C@@H](C)OC(=O)CNC(=O)c1ccc(C)c(C)c1. The summed E-state index contributed by atoms with van der Waals surface area (Å²) in [6.07, 6.45) is 1.44. The molecule has 2 atom stereocenters. The first-order valence-electron chi connectivity index (χ1n) is 9.62. The number of amides is 2. The largest absolute Gasteiger partial charge is 0.451 e. The van der Waals surface area contributed by atoms with Crippen LogP contribution in [0.5, 0.6) is 0 Å². The second-order valence-corrected chi connectivity index (χ2v) is 7.02. The maximum Gasteiger partial charge on any atom is 0.326 e. The van der Waals surface area contributed by atoms with Crippen LogP contribution in [0.15, 0.2) is 30.5 Å². The van der Waals surface area contributed by atoms with Crippen LogP contribution >= 0.6 is 0 Å². The van der Waals surface area contributed by atoms with Crippen molar-refractivity contribution in [3.05, 3.63) is 47.2 Å². The van der Waals surface area contributed by atoms with Crippen LogP contribution in [0.4, 0.5) is 5.82 Å². The maximum absolute atomic E-state index is 12.3. The van der Waals surface area contributed by atoms with Gasteiger partial charge < -0.3 is 15.4 Å². The summed E-state index contributed by atoms with van der Waals surface area (Å²) in [5.74, 6) is -1.00. The zero-order valence-corrected chi connectivity index (χ0v) is 17.5. The molecule has 8 heteroatoms. The van der Waals surface area contributed by atoms with Crippen LogP contribution < -0.4 is 10.6 Å². The Bertz CT molecular complexity index is 891. The number of benzene rings is 1. The summed E-state index contributed by atoms with van der Waals surface area (Å²) >= 11 is 0. The third kappa shape index (κ3) is 5.91. The second-order valence-electron chi connectivity index (χ2n) is 7.02. The predicted molar refractivity (Wildman–Crippen MR) is 110 cm³/mol. The number of carbonyl (C=O) groups is 3. The highest BCUT2D eigenvalue weighted by atomic mass is 16.5. The average molecular weight is 400 g/mol. The zero-order chi connectivity index (χ0) is 21.6. The number of aryl methyl sites for hydroxylation is 2. The van der Waals surface area contributed by atoms with E-state index in [1.54, 1.807) is 29.1 Å². The van der Waals surface area contributed by atoms with E-state index in [-0.39, 0.29) is 18.5 Å². The van der Waals surface area contributed by atoms with Crippen molar-refractivity contribution >= 4 is 23.6 Å². The lowest BCUT2D eigenvalue weighted by Gasteiger charge is -2.17. The summed E-state index contributed by atoms with van der Waals surface area (Å²) in [7, 11) is 0. The van der Waals surface area contributed by atoms with Crippen LogP contribution in [-0.4, -0.2) is 40.2 Å². The Kier molecular flexibility index (Phi) is 7.52. The third-order valence-electron chi connectivity index (χ3n) is 4.77. The highest BCUT2D eigenvalue weighted by molar-refractivity contribution is 5.97. The molecule has 2 N–H and O–H groups in total. The fourth-order valence-electron chi connectivity index (χ4n) is 2.59. The van der Waals surface area contributed by atoms with Crippen molar-refractivity contribution in [2.24, 2.45) is 0 Å². The van der Waals surface area contributed by atoms with Gasteiger partial charge in [0.1, 0.15) is 12.4 Å². The summed E-state index contributed by atoms with van der Waals surface area (Å²) in [6.45, 7) is 9.03. The molecule has 0 unspecified atom stereocenters. The number of ether oxygens (including phenoxy) is 1. The number of rotatable bonds is 8. The Morgan fingerprint density at radius 2 is 1.86 bits per heavy atom. The Hall–Kier alpha value is -3.16. The lowest BCUT2D eigenvalue weighted by molar-refractivity contribution is -0.152. The number of aromatic nitrogens is 2. The molecule has 0 fully saturated rings. The molecule has 2 rings (SSSR count). The highest BCUT2D eigenvalue weighted by Crippen LogP contribution is 2.16. The van der Waals surface area contributed by atoms with Gasteiger partial charge in [0.2, 0.25) is 0 Å². The molecule has 2 aromatic rings. The van der Waals surface area contributed by atoms with Crippen LogP contribution in [0.25, 0.3) is 0 Å². The van der Waals surface area contributed by atoms with E-state index in [9.17, 15) is 14.4 Å². The van der Waals surface area contributed by atoms with Crippen molar-refractivity contribution < 1.29 is 19.1 Å². The number of esters is 1. The molecule has 0 aliphatic carbocycles. The van der Waals surface area contributed by atoms with E-state index < -0.39 is 18.0 Å². The topological polar surface area (TPSA) is 102 Å². The average Bonchev–Trinajstić information content (AvgIpc) is 3.15. The van der Waals surface area contributed by atoms with Crippen LogP contribution in [-0.2, 0) is 14.3 Å². The van der Waals surface area contributed by atoms with E-state index in [4.69, 9.17) is 4.74 Å². The van der Waals surface area contributed by atoms with Gasteiger partial charge in [-0.05, 0) is 57.4 Å². The normalized spacial score (nSPS) is 12.7. The van der Waals surface area contributed by atoms with Gasteiger partial charge in [0.25, 0.3) is 11.8 Å². The number of carbonyl (C=O) groups excluding carboxylic acids is 3. The van der Waals surface area contributed by atoms with Crippen LogP contribution in [0.3, 0.4) is 0 Å². The molecular weight excluding hydrogens is 372 g/mol. The van der Waals surface area contributed by atoms with Crippen LogP contribution in [0.1, 0.15) is 54.7 Å². The molecule has 1 heterocycles. The van der Waals surface area contributed by atoms with Crippen molar-refractivity contribution in [3.63, 3.8) is 0 Å². The van der Waals surface area contributed by atoms with Crippen molar-refractivity contribution in [2.75, 3.05) is 11.9 Å². The first-order valence-corrected chi connectivity index (χ1v) is 9.62. The zero-order valence-electron chi connectivity index (χ0n) is 17.5. The predicted octanol–water partition coefficient (Wildman–Crippen LogP) is 2.77. The molecule has 0 bridgehead atoms. The summed E-state index contributed by atoms with van der Waals surface area (Å²) in [4.78, 5) is 36.5. The smallest absolute Gasteiger partial charge is 0.326 e.